The van der Waals surface area contributed by atoms with Crippen LogP contribution in [0.15, 0.2) is 115 Å². The molecule has 0 radical (unpaired) electrons. The summed E-state index contributed by atoms with van der Waals surface area (Å²) in [6.07, 6.45) is 0. The van der Waals surface area contributed by atoms with E-state index in [9.17, 15) is 0 Å². The second kappa shape index (κ2) is 11.4. The van der Waals surface area contributed by atoms with Crippen molar-refractivity contribution in [1.29, 1.82) is 0 Å². The van der Waals surface area contributed by atoms with Crippen LogP contribution in [0, 0.1) is 0 Å². The average Bonchev–Trinajstić information content (AvgIpc) is 2.85. The number of rotatable bonds is 9. The molecular weight excluding hydrogens is 470 g/mol. The van der Waals surface area contributed by atoms with Crippen molar-refractivity contribution in [1.82, 2.24) is 4.98 Å². The van der Waals surface area contributed by atoms with Crippen molar-refractivity contribution in [3.63, 3.8) is 0 Å². The van der Waals surface area contributed by atoms with Gasteiger partial charge in [-0.25, -0.2) is 4.98 Å². The van der Waals surface area contributed by atoms with E-state index in [1.165, 1.54) is 0 Å². The third kappa shape index (κ3) is 6.63. The number of hydrogen-bond acceptors (Lipinski definition) is 7. The molecule has 0 aliphatic carbocycles. The van der Waals surface area contributed by atoms with Crippen LogP contribution in [0.3, 0.4) is 0 Å². The van der Waals surface area contributed by atoms with Crippen LogP contribution in [0.2, 0.25) is 0 Å². The molecule has 4 rings (SSSR count). The van der Waals surface area contributed by atoms with Crippen molar-refractivity contribution in [2.45, 2.75) is 29.6 Å². The van der Waals surface area contributed by atoms with E-state index in [1.807, 2.05) is 60.7 Å². The fraction of sp³-hybridized carbons (Fsp3) is 0.115. The van der Waals surface area contributed by atoms with Gasteiger partial charge in [-0.05, 0) is 84.9 Å². The Kier molecular flexibility index (Phi) is 8.10. The Morgan fingerprint density at radius 3 is 1.12 bits per heavy atom. The van der Waals surface area contributed by atoms with Gasteiger partial charge in [0.25, 0.3) is 0 Å². The highest BCUT2D eigenvalue weighted by molar-refractivity contribution is 8.00. The molecule has 4 aromatic rings. The molecule has 0 atom stereocenters. The van der Waals surface area contributed by atoms with Gasteiger partial charge in [-0.15, -0.1) is 0 Å². The summed E-state index contributed by atoms with van der Waals surface area (Å²) in [6.45, 7) is 0. The molecule has 0 unspecified atom stereocenters. The van der Waals surface area contributed by atoms with Crippen molar-refractivity contribution in [2.24, 2.45) is 0 Å². The van der Waals surface area contributed by atoms with Crippen molar-refractivity contribution in [3.05, 3.63) is 84.9 Å². The van der Waals surface area contributed by atoms with Crippen LogP contribution in [0.25, 0.3) is 0 Å². The smallest absolute Gasteiger partial charge is 0.118 e. The minimum Gasteiger partial charge on any atom is -0.497 e. The summed E-state index contributed by atoms with van der Waals surface area (Å²) in [7, 11) is 5.02. The lowest BCUT2D eigenvalue weighted by Gasteiger charge is -2.10. The molecule has 168 valence electrons. The van der Waals surface area contributed by atoms with Crippen LogP contribution in [0.4, 0.5) is 0 Å². The second-order valence-corrected chi connectivity index (χ2v) is 10.1. The molecule has 0 N–H and O–H groups in total. The van der Waals surface area contributed by atoms with Gasteiger partial charge in [0.2, 0.25) is 0 Å². The Labute approximate surface area is 207 Å². The largest absolute Gasteiger partial charge is 0.497 e. The van der Waals surface area contributed by atoms with E-state index in [0.29, 0.717) is 0 Å². The van der Waals surface area contributed by atoms with Gasteiger partial charge in [0, 0.05) is 19.6 Å². The normalized spacial score (nSPS) is 10.6. The van der Waals surface area contributed by atoms with E-state index in [0.717, 1.165) is 46.9 Å². The summed E-state index contributed by atoms with van der Waals surface area (Å²) < 4.78 is 15.8. The third-order valence-electron chi connectivity index (χ3n) is 4.61. The van der Waals surface area contributed by atoms with E-state index in [-0.39, 0.29) is 0 Å². The first-order valence-electron chi connectivity index (χ1n) is 10.1. The number of ether oxygens (including phenoxy) is 3. The van der Waals surface area contributed by atoms with E-state index < -0.39 is 0 Å². The molecule has 3 aromatic carbocycles. The number of hydrogen-bond donors (Lipinski definition) is 0. The van der Waals surface area contributed by atoms with Gasteiger partial charge in [0.1, 0.15) is 27.3 Å². The maximum absolute atomic E-state index is 5.28. The summed E-state index contributed by atoms with van der Waals surface area (Å²) in [5.41, 5.74) is 0. The lowest BCUT2D eigenvalue weighted by molar-refractivity contribution is 0.414. The zero-order chi connectivity index (χ0) is 23.0. The molecule has 0 aliphatic heterocycles. The standard InChI is InChI=1S/C26H23NO3S3/c1-28-18-4-10-21(11-5-18)31-24-16-25(32-22-12-6-19(29-2)7-13-22)27-26(17-24)33-23-14-8-20(30-3)9-15-23/h4-17H,1-3H3. The molecule has 0 aliphatic rings. The van der Waals surface area contributed by atoms with E-state index in [1.54, 1.807) is 56.6 Å². The van der Waals surface area contributed by atoms with Crippen molar-refractivity contribution >= 4 is 35.3 Å². The van der Waals surface area contributed by atoms with Gasteiger partial charge in [0.15, 0.2) is 0 Å². The molecule has 0 spiro atoms. The van der Waals surface area contributed by atoms with Crippen LogP contribution < -0.4 is 14.2 Å². The maximum atomic E-state index is 5.28. The van der Waals surface area contributed by atoms with Crippen molar-refractivity contribution in [3.8, 4) is 17.2 Å². The molecule has 0 fully saturated rings. The zero-order valence-corrected chi connectivity index (χ0v) is 20.9. The molecular formula is C26H23NO3S3. The highest BCUT2D eigenvalue weighted by Crippen LogP contribution is 2.38. The van der Waals surface area contributed by atoms with E-state index in [4.69, 9.17) is 19.2 Å². The molecule has 0 bridgehead atoms. The van der Waals surface area contributed by atoms with Crippen LogP contribution in [-0.2, 0) is 0 Å². The molecule has 1 heterocycles. The van der Waals surface area contributed by atoms with Crippen LogP contribution >= 0.6 is 35.3 Å². The number of nitrogens with zero attached hydrogens (tertiary/aromatic N) is 1. The SMILES string of the molecule is COc1ccc(Sc2cc(Sc3ccc(OC)cc3)nc(Sc3ccc(OC)cc3)c2)cc1. The van der Waals surface area contributed by atoms with Gasteiger partial charge in [0.05, 0.1) is 21.3 Å². The Balaban J connectivity index is 1.61. The molecule has 33 heavy (non-hydrogen) atoms. The first kappa shape index (κ1) is 23.4. The molecule has 0 amide bonds. The van der Waals surface area contributed by atoms with Gasteiger partial charge in [-0.1, -0.05) is 35.3 Å². The summed E-state index contributed by atoms with van der Waals surface area (Å²) in [6, 6.07) is 28.4. The first-order chi connectivity index (χ1) is 16.1. The van der Waals surface area contributed by atoms with E-state index in [2.05, 4.69) is 24.3 Å². The molecule has 0 saturated heterocycles. The lowest BCUT2D eigenvalue weighted by Crippen LogP contribution is -1.88. The van der Waals surface area contributed by atoms with Crippen LogP contribution in [-0.4, -0.2) is 26.3 Å². The highest BCUT2D eigenvalue weighted by Gasteiger charge is 2.09. The minimum atomic E-state index is 0.840. The highest BCUT2D eigenvalue weighted by atomic mass is 32.2. The summed E-state index contributed by atoms with van der Waals surface area (Å²) >= 11 is 4.98. The summed E-state index contributed by atoms with van der Waals surface area (Å²) in [5.74, 6) is 2.53. The third-order valence-corrected chi connectivity index (χ3v) is 7.44. The molecule has 0 saturated carbocycles. The topological polar surface area (TPSA) is 40.6 Å². The fourth-order valence-corrected chi connectivity index (χ4v) is 5.71. The van der Waals surface area contributed by atoms with Crippen molar-refractivity contribution in [2.75, 3.05) is 21.3 Å². The monoisotopic (exact) mass is 493 g/mol. The van der Waals surface area contributed by atoms with Crippen LogP contribution in [0.1, 0.15) is 0 Å². The molecule has 4 nitrogen and oxygen atoms in total. The Hall–Kier alpha value is -2.74. The summed E-state index contributed by atoms with van der Waals surface area (Å²) in [5, 5.41) is 1.88. The Morgan fingerprint density at radius 2 is 0.788 bits per heavy atom. The quantitative estimate of drug-likeness (QED) is 0.238. The number of benzene rings is 3. The van der Waals surface area contributed by atoms with Gasteiger partial charge in [-0.2, -0.15) is 0 Å². The predicted molar refractivity (Wildman–Crippen MR) is 136 cm³/mol. The average molecular weight is 494 g/mol. The van der Waals surface area contributed by atoms with Crippen LogP contribution in [0.5, 0.6) is 17.2 Å². The zero-order valence-electron chi connectivity index (χ0n) is 18.5. The molecule has 1 aromatic heterocycles. The summed E-state index contributed by atoms with van der Waals surface area (Å²) in [4.78, 5) is 9.39. The van der Waals surface area contributed by atoms with Gasteiger partial charge >= 0.3 is 0 Å². The maximum Gasteiger partial charge on any atom is 0.118 e. The second-order valence-electron chi connectivity index (χ2n) is 6.81. The Morgan fingerprint density at radius 1 is 0.455 bits per heavy atom. The Bertz CT molecular complexity index is 1020. The van der Waals surface area contributed by atoms with Gasteiger partial charge in [-0.3, -0.25) is 0 Å². The predicted octanol–water partition coefficient (Wildman–Crippen LogP) is 7.56. The number of aromatic nitrogens is 1. The number of pyridine rings is 1. The fourth-order valence-electron chi connectivity index (χ4n) is 2.93. The number of methoxy groups -OCH3 is 3. The molecule has 7 heteroatoms. The minimum absolute atomic E-state index is 0.840. The van der Waals surface area contributed by atoms with Crippen molar-refractivity contribution < 1.29 is 14.2 Å². The van der Waals surface area contributed by atoms with Gasteiger partial charge < -0.3 is 14.2 Å². The lowest BCUT2D eigenvalue weighted by atomic mass is 10.3. The van der Waals surface area contributed by atoms with E-state index >= 15 is 0 Å². The first-order valence-corrected chi connectivity index (χ1v) is 12.6.